The number of rotatable bonds is 4. The van der Waals surface area contributed by atoms with Crippen molar-refractivity contribution in [2.24, 2.45) is 0 Å². The van der Waals surface area contributed by atoms with E-state index in [1.54, 1.807) is 37.5 Å². The number of nitrogen functional groups attached to an aromatic ring is 1. The molecule has 0 aliphatic rings. The minimum Gasteiger partial charge on any atom is -0.462 e. The standard InChI is InChI=1S/C14H15N3O2S/c1-3-19-13(18)10-5-4-6-11(15)12(10)20-14-16-7-9(2)8-17-14/h4-8H,3,15H2,1-2H3. The van der Waals surface area contributed by atoms with Crippen LogP contribution in [0.3, 0.4) is 0 Å². The van der Waals surface area contributed by atoms with Crippen LogP contribution in [-0.4, -0.2) is 22.5 Å². The molecule has 0 aliphatic carbocycles. The highest BCUT2D eigenvalue weighted by atomic mass is 32.2. The van der Waals surface area contributed by atoms with Crippen LogP contribution >= 0.6 is 11.8 Å². The lowest BCUT2D eigenvalue weighted by Gasteiger charge is -2.10. The van der Waals surface area contributed by atoms with Crippen molar-refractivity contribution >= 4 is 23.4 Å². The third kappa shape index (κ3) is 3.27. The molecule has 0 saturated heterocycles. The maximum absolute atomic E-state index is 11.9. The molecule has 0 bridgehead atoms. The van der Waals surface area contributed by atoms with Gasteiger partial charge in [0.15, 0.2) is 5.16 Å². The monoisotopic (exact) mass is 289 g/mol. The molecule has 0 saturated carbocycles. The Morgan fingerprint density at radius 3 is 2.70 bits per heavy atom. The summed E-state index contributed by atoms with van der Waals surface area (Å²) in [5, 5.41) is 0.541. The number of carbonyl (C=O) groups excluding carboxylic acids is 1. The highest BCUT2D eigenvalue weighted by Crippen LogP contribution is 2.33. The zero-order valence-electron chi connectivity index (χ0n) is 11.3. The summed E-state index contributed by atoms with van der Waals surface area (Å²) in [6, 6.07) is 5.14. The third-order valence-corrected chi connectivity index (χ3v) is 3.54. The highest BCUT2D eigenvalue weighted by Gasteiger charge is 2.16. The van der Waals surface area contributed by atoms with Gasteiger partial charge in [0.05, 0.1) is 17.1 Å². The lowest BCUT2D eigenvalue weighted by atomic mass is 10.2. The predicted octanol–water partition coefficient (Wildman–Crippen LogP) is 2.70. The van der Waals surface area contributed by atoms with Crippen LogP contribution in [0.25, 0.3) is 0 Å². The normalized spacial score (nSPS) is 10.3. The predicted molar refractivity (Wildman–Crippen MR) is 77.7 cm³/mol. The molecule has 1 aromatic carbocycles. The van der Waals surface area contributed by atoms with Crippen molar-refractivity contribution in [1.29, 1.82) is 0 Å². The second-order valence-electron chi connectivity index (χ2n) is 4.09. The van der Waals surface area contributed by atoms with Gasteiger partial charge in [0.1, 0.15) is 0 Å². The van der Waals surface area contributed by atoms with Crippen LogP contribution in [0.5, 0.6) is 0 Å². The first-order valence-electron chi connectivity index (χ1n) is 6.14. The quantitative estimate of drug-likeness (QED) is 0.529. The van der Waals surface area contributed by atoms with Gasteiger partial charge >= 0.3 is 5.97 Å². The van der Waals surface area contributed by atoms with Crippen LogP contribution < -0.4 is 5.73 Å². The Balaban J connectivity index is 2.34. The number of aryl methyl sites for hydroxylation is 1. The molecule has 5 nitrogen and oxygen atoms in total. The largest absolute Gasteiger partial charge is 0.462 e. The fourth-order valence-corrected chi connectivity index (χ4v) is 2.40. The number of esters is 1. The van der Waals surface area contributed by atoms with E-state index in [0.29, 0.717) is 27.9 Å². The van der Waals surface area contributed by atoms with Gasteiger partial charge in [-0.3, -0.25) is 0 Å². The average Bonchev–Trinajstić information content (AvgIpc) is 2.43. The number of aromatic nitrogens is 2. The van der Waals surface area contributed by atoms with E-state index in [1.807, 2.05) is 6.92 Å². The van der Waals surface area contributed by atoms with Gasteiger partial charge < -0.3 is 10.5 Å². The van der Waals surface area contributed by atoms with Gasteiger partial charge in [0.25, 0.3) is 0 Å². The van der Waals surface area contributed by atoms with Crippen molar-refractivity contribution in [2.75, 3.05) is 12.3 Å². The zero-order chi connectivity index (χ0) is 14.5. The average molecular weight is 289 g/mol. The molecule has 104 valence electrons. The number of nitrogens with zero attached hydrogens (tertiary/aromatic N) is 2. The van der Waals surface area contributed by atoms with E-state index < -0.39 is 5.97 Å². The number of anilines is 1. The molecule has 0 spiro atoms. The Kier molecular flexibility index (Phi) is 4.57. The number of hydrogen-bond acceptors (Lipinski definition) is 6. The Hall–Kier alpha value is -2.08. The molecule has 0 unspecified atom stereocenters. The van der Waals surface area contributed by atoms with Gasteiger partial charge in [-0.2, -0.15) is 0 Å². The maximum Gasteiger partial charge on any atom is 0.339 e. The molecular weight excluding hydrogens is 274 g/mol. The van der Waals surface area contributed by atoms with Crippen LogP contribution in [0.4, 0.5) is 5.69 Å². The van der Waals surface area contributed by atoms with E-state index in [-0.39, 0.29) is 0 Å². The molecule has 0 aliphatic heterocycles. The molecule has 2 aromatic rings. The van der Waals surface area contributed by atoms with Crippen molar-refractivity contribution in [2.45, 2.75) is 23.9 Å². The minimum absolute atomic E-state index is 0.318. The summed E-state index contributed by atoms with van der Waals surface area (Å²) in [6.07, 6.45) is 3.44. The Morgan fingerprint density at radius 1 is 1.35 bits per heavy atom. The maximum atomic E-state index is 11.9. The van der Waals surface area contributed by atoms with Crippen LogP contribution in [0.15, 0.2) is 40.6 Å². The van der Waals surface area contributed by atoms with Gasteiger partial charge in [-0.15, -0.1) is 0 Å². The van der Waals surface area contributed by atoms with Gasteiger partial charge in [0.2, 0.25) is 0 Å². The lowest BCUT2D eigenvalue weighted by molar-refractivity contribution is 0.0522. The molecule has 1 aromatic heterocycles. The summed E-state index contributed by atoms with van der Waals surface area (Å²) in [5.41, 5.74) is 7.86. The van der Waals surface area contributed by atoms with Crippen molar-refractivity contribution in [3.63, 3.8) is 0 Å². The molecule has 20 heavy (non-hydrogen) atoms. The summed E-state index contributed by atoms with van der Waals surface area (Å²) in [5.74, 6) is -0.394. The highest BCUT2D eigenvalue weighted by molar-refractivity contribution is 7.99. The number of carbonyl (C=O) groups is 1. The van der Waals surface area contributed by atoms with E-state index in [9.17, 15) is 4.79 Å². The second-order valence-corrected chi connectivity index (χ2v) is 5.07. The van der Waals surface area contributed by atoms with E-state index in [4.69, 9.17) is 10.5 Å². The molecule has 6 heteroatoms. The van der Waals surface area contributed by atoms with Crippen LogP contribution in [-0.2, 0) is 4.74 Å². The second kappa shape index (κ2) is 6.38. The fraction of sp³-hybridized carbons (Fsp3) is 0.214. The summed E-state index contributed by atoms with van der Waals surface area (Å²) < 4.78 is 5.03. The van der Waals surface area contributed by atoms with Gasteiger partial charge in [-0.25, -0.2) is 14.8 Å². The molecule has 0 atom stereocenters. The molecule has 0 amide bonds. The van der Waals surface area contributed by atoms with Gasteiger partial charge in [0, 0.05) is 18.1 Å². The van der Waals surface area contributed by atoms with Crippen LogP contribution in [0, 0.1) is 6.92 Å². The first-order chi connectivity index (χ1) is 9.61. The number of nitrogens with two attached hydrogens (primary N) is 1. The topological polar surface area (TPSA) is 78.1 Å². The van der Waals surface area contributed by atoms with Crippen LogP contribution in [0.1, 0.15) is 22.8 Å². The van der Waals surface area contributed by atoms with Crippen molar-refractivity contribution < 1.29 is 9.53 Å². The van der Waals surface area contributed by atoms with Crippen molar-refractivity contribution in [1.82, 2.24) is 9.97 Å². The van der Waals surface area contributed by atoms with E-state index >= 15 is 0 Å². The molecule has 2 N–H and O–H groups in total. The first kappa shape index (κ1) is 14.3. The number of hydrogen-bond donors (Lipinski definition) is 1. The summed E-state index contributed by atoms with van der Waals surface area (Å²) >= 11 is 1.26. The number of ether oxygens (including phenoxy) is 1. The Morgan fingerprint density at radius 2 is 2.05 bits per heavy atom. The van der Waals surface area contributed by atoms with Crippen molar-refractivity contribution in [3.05, 3.63) is 41.7 Å². The van der Waals surface area contributed by atoms with E-state index in [1.165, 1.54) is 11.8 Å². The summed E-state index contributed by atoms with van der Waals surface area (Å²) in [7, 11) is 0. The lowest BCUT2D eigenvalue weighted by Crippen LogP contribution is -2.07. The fourth-order valence-electron chi connectivity index (χ4n) is 1.56. The smallest absolute Gasteiger partial charge is 0.339 e. The number of benzene rings is 1. The minimum atomic E-state index is -0.394. The molecule has 0 radical (unpaired) electrons. The molecular formula is C14H15N3O2S. The third-order valence-electron chi connectivity index (χ3n) is 2.49. The summed E-state index contributed by atoms with van der Waals surface area (Å²) in [6.45, 7) is 3.99. The van der Waals surface area contributed by atoms with Gasteiger partial charge in [-0.05, 0) is 43.3 Å². The first-order valence-corrected chi connectivity index (χ1v) is 6.95. The van der Waals surface area contributed by atoms with Crippen LogP contribution in [0.2, 0.25) is 0 Å². The van der Waals surface area contributed by atoms with E-state index in [2.05, 4.69) is 9.97 Å². The Bertz CT molecular complexity index is 614. The molecule has 0 fully saturated rings. The van der Waals surface area contributed by atoms with Crippen molar-refractivity contribution in [3.8, 4) is 0 Å². The summed E-state index contributed by atoms with van der Waals surface area (Å²) in [4.78, 5) is 21.0. The molecule has 1 heterocycles. The van der Waals surface area contributed by atoms with Gasteiger partial charge in [-0.1, -0.05) is 6.07 Å². The van der Waals surface area contributed by atoms with E-state index in [0.717, 1.165) is 5.56 Å². The zero-order valence-corrected chi connectivity index (χ0v) is 12.1. The molecule has 2 rings (SSSR count). The Labute approximate surface area is 121 Å². The SMILES string of the molecule is CCOC(=O)c1cccc(N)c1Sc1ncc(C)cn1.